The molecule has 130 valence electrons. The SMILES string of the molecule is NCc1ccc(-c2nc3cc4c(cc3n2CCCO)OCCO4)cc1. The molecule has 0 bridgehead atoms. The molecule has 0 spiro atoms. The second-order valence-electron chi connectivity index (χ2n) is 6.05. The summed E-state index contributed by atoms with van der Waals surface area (Å²) in [6.07, 6.45) is 0.661. The van der Waals surface area contributed by atoms with Crippen molar-refractivity contribution in [2.24, 2.45) is 5.73 Å². The van der Waals surface area contributed by atoms with Crippen molar-refractivity contribution in [1.29, 1.82) is 0 Å². The highest BCUT2D eigenvalue weighted by atomic mass is 16.6. The van der Waals surface area contributed by atoms with Crippen LogP contribution in [0.2, 0.25) is 0 Å². The van der Waals surface area contributed by atoms with Gasteiger partial charge in [-0.25, -0.2) is 4.98 Å². The van der Waals surface area contributed by atoms with Gasteiger partial charge in [0.25, 0.3) is 0 Å². The number of hydrogen-bond acceptors (Lipinski definition) is 5. The number of aryl methyl sites for hydroxylation is 1. The van der Waals surface area contributed by atoms with Gasteiger partial charge in [0.15, 0.2) is 11.5 Å². The van der Waals surface area contributed by atoms with Gasteiger partial charge in [-0.3, -0.25) is 0 Å². The summed E-state index contributed by atoms with van der Waals surface area (Å²) in [6.45, 7) is 2.44. The molecule has 3 aromatic rings. The monoisotopic (exact) mass is 339 g/mol. The topological polar surface area (TPSA) is 82.5 Å². The molecule has 0 aliphatic carbocycles. The van der Waals surface area contributed by atoms with E-state index in [1.807, 2.05) is 36.4 Å². The predicted octanol–water partition coefficient (Wildman–Crippen LogP) is 2.32. The molecule has 0 saturated heterocycles. The van der Waals surface area contributed by atoms with Gasteiger partial charge in [0.1, 0.15) is 19.0 Å². The Bertz CT molecular complexity index is 887. The number of aliphatic hydroxyl groups excluding tert-OH is 1. The largest absolute Gasteiger partial charge is 0.486 e. The van der Waals surface area contributed by atoms with E-state index < -0.39 is 0 Å². The Labute approximate surface area is 145 Å². The molecule has 4 rings (SSSR count). The molecule has 0 atom stereocenters. The lowest BCUT2D eigenvalue weighted by Crippen LogP contribution is -2.15. The molecule has 25 heavy (non-hydrogen) atoms. The van der Waals surface area contributed by atoms with Gasteiger partial charge in [-0.15, -0.1) is 0 Å². The first-order valence-corrected chi connectivity index (χ1v) is 8.50. The van der Waals surface area contributed by atoms with Gasteiger partial charge in [0.2, 0.25) is 0 Å². The van der Waals surface area contributed by atoms with Crippen molar-refractivity contribution >= 4 is 11.0 Å². The third-order valence-corrected chi connectivity index (χ3v) is 4.40. The minimum absolute atomic E-state index is 0.135. The van der Waals surface area contributed by atoms with Crippen molar-refractivity contribution in [1.82, 2.24) is 9.55 Å². The summed E-state index contributed by atoms with van der Waals surface area (Å²) in [6, 6.07) is 12.0. The molecule has 0 radical (unpaired) electrons. The first-order chi connectivity index (χ1) is 12.3. The van der Waals surface area contributed by atoms with E-state index in [1.165, 1.54) is 0 Å². The molecule has 3 N–H and O–H groups in total. The van der Waals surface area contributed by atoms with E-state index in [-0.39, 0.29) is 6.61 Å². The zero-order valence-corrected chi connectivity index (χ0v) is 13.9. The van der Waals surface area contributed by atoms with Crippen LogP contribution >= 0.6 is 0 Å². The average molecular weight is 339 g/mol. The molecular formula is C19H21N3O3. The number of ether oxygens (including phenoxy) is 2. The van der Waals surface area contributed by atoms with Crippen LogP contribution in [0, 0.1) is 0 Å². The first kappa shape index (κ1) is 15.9. The van der Waals surface area contributed by atoms with Crippen LogP contribution in [0.5, 0.6) is 11.5 Å². The third kappa shape index (κ3) is 2.94. The van der Waals surface area contributed by atoms with Crippen molar-refractivity contribution in [2.45, 2.75) is 19.5 Å². The van der Waals surface area contributed by atoms with Crippen molar-refractivity contribution in [3.8, 4) is 22.9 Å². The number of fused-ring (bicyclic) bond motifs is 2. The zero-order chi connectivity index (χ0) is 17.2. The zero-order valence-electron chi connectivity index (χ0n) is 13.9. The lowest BCUT2D eigenvalue weighted by atomic mass is 10.1. The van der Waals surface area contributed by atoms with Crippen LogP contribution in [0.3, 0.4) is 0 Å². The summed E-state index contributed by atoms with van der Waals surface area (Å²) in [4.78, 5) is 4.81. The fraction of sp³-hybridized carbons (Fsp3) is 0.316. The van der Waals surface area contributed by atoms with Gasteiger partial charge in [-0.2, -0.15) is 0 Å². The van der Waals surface area contributed by atoms with Crippen molar-refractivity contribution in [3.63, 3.8) is 0 Å². The van der Waals surface area contributed by atoms with Crippen LogP contribution < -0.4 is 15.2 Å². The predicted molar refractivity (Wildman–Crippen MR) is 95.8 cm³/mol. The van der Waals surface area contributed by atoms with E-state index in [2.05, 4.69) is 4.57 Å². The summed E-state index contributed by atoms with van der Waals surface area (Å²) in [7, 11) is 0. The summed E-state index contributed by atoms with van der Waals surface area (Å²) < 4.78 is 13.5. The number of aromatic nitrogens is 2. The smallest absolute Gasteiger partial charge is 0.163 e. The summed E-state index contributed by atoms with van der Waals surface area (Å²) in [5.74, 6) is 2.35. The maximum Gasteiger partial charge on any atom is 0.163 e. The Balaban J connectivity index is 1.86. The minimum Gasteiger partial charge on any atom is -0.486 e. The van der Waals surface area contributed by atoms with Gasteiger partial charge in [-0.05, 0) is 12.0 Å². The molecule has 1 aliphatic heterocycles. The van der Waals surface area contributed by atoms with Crippen molar-refractivity contribution in [3.05, 3.63) is 42.0 Å². The van der Waals surface area contributed by atoms with Crippen LogP contribution in [0.4, 0.5) is 0 Å². The second-order valence-corrected chi connectivity index (χ2v) is 6.05. The lowest BCUT2D eigenvalue weighted by Gasteiger charge is -2.18. The van der Waals surface area contributed by atoms with E-state index in [4.69, 9.17) is 20.2 Å². The number of imidazole rings is 1. The van der Waals surface area contributed by atoms with Crippen LogP contribution in [0.15, 0.2) is 36.4 Å². The number of nitrogens with two attached hydrogens (primary N) is 1. The number of benzene rings is 2. The van der Waals surface area contributed by atoms with Gasteiger partial charge >= 0.3 is 0 Å². The van der Waals surface area contributed by atoms with Gasteiger partial charge < -0.3 is 24.9 Å². The van der Waals surface area contributed by atoms with E-state index in [9.17, 15) is 5.11 Å². The van der Waals surface area contributed by atoms with Crippen molar-refractivity contribution in [2.75, 3.05) is 19.8 Å². The molecule has 0 fully saturated rings. The molecule has 0 amide bonds. The van der Waals surface area contributed by atoms with Crippen molar-refractivity contribution < 1.29 is 14.6 Å². The maximum absolute atomic E-state index is 9.27. The normalized spacial score (nSPS) is 13.4. The Morgan fingerprint density at radius 2 is 1.80 bits per heavy atom. The molecule has 0 unspecified atom stereocenters. The Morgan fingerprint density at radius 3 is 2.48 bits per heavy atom. The summed E-state index contributed by atoms with van der Waals surface area (Å²) >= 11 is 0. The van der Waals surface area contributed by atoms with E-state index in [1.54, 1.807) is 0 Å². The fourth-order valence-corrected chi connectivity index (χ4v) is 3.13. The van der Waals surface area contributed by atoms with Gasteiger partial charge in [0, 0.05) is 37.4 Å². The Kier molecular flexibility index (Phi) is 4.29. The Morgan fingerprint density at radius 1 is 1.08 bits per heavy atom. The molecule has 2 aromatic carbocycles. The highest BCUT2D eigenvalue weighted by Gasteiger charge is 2.18. The van der Waals surface area contributed by atoms with Crippen LogP contribution in [-0.2, 0) is 13.1 Å². The van der Waals surface area contributed by atoms with Gasteiger partial charge in [-0.1, -0.05) is 24.3 Å². The van der Waals surface area contributed by atoms with E-state index in [0.717, 1.165) is 39.5 Å². The molecule has 2 heterocycles. The van der Waals surface area contributed by atoms with Crippen LogP contribution in [0.25, 0.3) is 22.4 Å². The van der Waals surface area contributed by atoms with E-state index in [0.29, 0.717) is 32.7 Å². The molecule has 1 aromatic heterocycles. The molecular weight excluding hydrogens is 318 g/mol. The first-order valence-electron chi connectivity index (χ1n) is 8.50. The quantitative estimate of drug-likeness (QED) is 0.745. The second kappa shape index (κ2) is 6.74. The minimum atomic E-state index is 0.135. The molecule has 6 heteroatoms. The highest BCUT2D eigenvalue weighted by molar-refractivity contribution is 5.84. The lowest BCUT2D eigenvalue weighted by molar-refractivity contribution is 0.172. The number of rotatable bonds is 5. The number of aliphatic hydroxyl groups is 1. The summed E-state index contributed by atoms with van der Waals surface area (Å²) in [5.41, 5.74) is 9.63. The Hall–Kier alpha value is -2.57. The molecule has 0 saturated carbocycles. The number of hydrogen-bond donors (Lipinski definition) is 2. The van der Waals surface area contributed by atoms with Gasteiger partial charge in [0.05, 0.1) is 11.0 Å². The van der Waals surface area contributed by atoms with Crippen LogP contribution in [-0.4, -0.2) is 34.5 Å². The standard InChI is InChI=1S/C19H21N3O3/c20-12-13-2-4-14(5-3-13)19-21-15-10-17-18(25-9-8-24-17)11-16(15)22(19)6-1-7-23/h2-5,10-11,23H,1,6-9,12,20H2. The molecule has 1 aliphatic rings. The highest BCUT2D eigenvalue weighted by Crippen LogP contribution is 2.36. The van der Waals surface area contributed by atoms with Crippen LogP contribution in [0.1, 0.15) is 12.0 Å². The third-order valence-electron chi connectivity index (χ3n) is 4.40. The average Bonchev–Trinajstić information content (AvgIpc) is 3.02. The maximum atomic E-state index is 9.27. The molecule has 6 nitrogen and oxygen atoms in total. The number of nitrogens with zero attached hydrogens (tertiary/aromatic N) is 2. The fourth-order valence-electron chi connectivity index (χ4n) is 3.13. The van der Waals surface area contributed by atoms with E-state index >= 15 is 0 Å². The summed E-state index contributed by atoms with van der Waals surface area (Å²) in [5, 5.41) is 9.27.